The van der Waals surface area contributed by atoms with Gasteiger partial charge in [-0.05, 0) is 54.8 Å². The van der Waals surface area contributed by atoms with Crippen molar-refractivity contribution in [3.05, 3.63) is 54.1 Å². The smallest absolute Gasteiger partial charge is 0.251 e. The maximum absolute atomic E-state index is 11.9. The molecule has 0 bridgehead atoms. The number of nitrogens with one attached hydrogen (secondary N) is 1. The van der Waals surface area contributed by atoms with Crippen LogP contribution in [0.1, 0.15) is 10.4 Å². The summed E-state index contributed by atoms with van der Waals surface area (Å²) in [5.74, 6) is 1.44. The quantitative estimate of drug-likeness (QED) is 0.629. The third kappa shape index (κ3) is 4.70. The van der Waals surface area contributed by atoms with E-state index in [1.165, 1.54) is 0 Å². The van der Waals surface area contributed by atoms with E-state index in [-0.39, 0.29) is 5.91 Å². The molecule has 0 atom stereocenters. The lowest BCUT2D eigenvalue weighted by Crippen LogP contribution is -2.28. The lowest BCUT2D eigenvalue weighted by molar-refractivity contribution is 0.0947. The van der Waals surface area contributed by atoms with Crippen LogP contribution in [0.3, 0.4) is 0 Å². The molecule has 22 heavy (non-hydrogen) atoms. The van der Waals surface area contributed by atoms with E-state index >= 15 is 0 Å². The molecule has 2 aromatic rings. The molecule has 0 aliphatic carbocycles. The third-order valence-corrected chi connectivity index (χ3v) is 3.81. The standard InChI is InChI=1S/C17H19NO3S/c1-20-14-5-7-15(8-6-14)21-12-11-18-17(19)13-3-9-16(22-2)10-4-13/h3-10H,11-12H2,1-2H3,(H,18,19). The monoisotopic (exact) mass is 317 g/mol. The zero-order valence-corrected chi connectivity index (χ0v) is 13.5. The van der Waals surface area contributed by atoms with Gasteiger partial charge in [0.15, 0.2) is 0 Å². The van der Waals surface area contributed by atoms with E-state index < -0.39 is 0 Å². The fraction of sp³-hybridized carbons (Fsp3) is 0.235. The van der Waals surface area contributed by atoms with Crippen LogP contribution in [0.15, 0.2) is 53.4 Å². The lowest BCUT2D eigenvalue weighted by Gasteiger charge is -2.08. The molecule has 0 spiro atoms. The average Bonchev–Trinajstić information content (AvgIpc) is 2.59. The van der Waals surface area contributed by atoms with Crippen LogP contribution in [-0.2, 0) is 0 Å². The first-order chi connectivity index (χ1) is 10.7. The minimum absolute atomic E-state index is 0.0917. The van der Waals surface area contributed by atoms with Crippen LogP contribution in [0, 0.1) is 0 Å². The summed E-state index contributed by atoms with van der Waals surface area (Å²) in [5.41, 5.74) is 0.655. The maximum Gasteiger partial charge on any atom is 0.251 e. The van der Waals surface area contributed by atoms with E-state index in [0.717, 1.165) is 16.4 Å². The van der Waals surface area contributed by atoms with Gasteiger partial charge >= 0.3 is 0 Å². The van der Waals surface area contributed by atoms with Crippen molar-refractivity contribution in [2.24, 2.45) is 0 Å². The van der Waals surface area contributed by atoms with Crippen LogP contribution >= 0.6 is 11.8 Å². The SMILES string of the molecule is COc1ccc(OCCNC(=O)c2ccc(SC)cc2)cc1. The van der Waals surface area contributed by atoms with Crippen molar-refractivity contribution in [1.82, 2.24) is 5.32 Å². The van der Waals surface area contributed by atoms with Crippen molar-refractivity contribution in [3.8, 4) is 11.5 Å². The number of carbonyl (C=O) groups excluding carboxylic acids is 1. The van der Waals surface area contributed by atoms with Crippen LogP contribution in [0.4, 0.5) is 0 Å². The van der Waals surface area contributed by atoms with Crippen molar-refractivity contribution in [2.75, 3.05) is 26.5 Å². The summed E-state index contributed by atoms with van der Waals surface area (Å²) in [6.45, 7) is 0.871. The highest BCUT2D eigenvalue weighted by atomic mass is 32.2. The zero-order chi connectivity index (χ0) is 15.8. The minimum Gasteiger partial charge on any atom is -0.497 e. The molecule has 5 heteroatoms. The summed E-state index contributed by atoms with van der Waals surface area (Å²) >= 11 is 1.65. The maximum atomic E-state index is 11.9. The van der Waals surface area contributed by atoms with Crippen molar-refractivity contribution < 1.29 is 14.3 Å². The molecular formula is C17H19NO3S. The molecular weight excluding hydrogens is 298 g/mol. The zero-order valence-electron chi connectivity index (χ0n) is 12.7. The molecule has 2 rings (SSSR count). The molecule has 0 aliphatic rings. The van der Waals surface area contributed by atoms with Gasteiger partial charge < -0.3 is 14.8 Å². The summed E-state index contributed by atoms with van der Waals surface area (Å²) in [5, 5.41) is 2.83. The van der Waals surface area contributed by atoms with E-state index in [1.807, 2.05) is 54.8 Å². The van der Waals surface area contributed by atoms with Crippen LogP contribution in [0.5, 0.6) is 11.5 Å². The van der Waals surface area contributed by atoms with Crippen molar-refractivity contribution in [2.45, 2.75) is 4.90 Å². The molecule has 0 unspecified atom stereocenters. The Hall–Kier alpha value is -2.14. The van der Waals surface area contributed by atoms with E-state index in [1.54, 1.807) is 18.9 Å². The van der Waals surface area contributed by atoms with Gasteiger partial charge in [-0.15, -0.1) is 11.8 Å². The second-order valence-corrected chi connectivity index (χ2v) is 5.39. The molecule has 116 valence electrons. The molecule has 4 nitrogen and oxygen atoms in total. The Bertz CT molecular complexity index is 596. The Labute approximate surface area is 134 Å². The Morgan fingerprint density at radius 1 is 1.05 bits per heavy atom. The van der Waals surface area contributed by atoms with Gasteiger partial charge in [-0.1, -0.05) is 0 Å². The van der Waals surface area contributed by atoms with E-state index in [0.29, 0.717) is 18.7 Å². The van der Waals surface area contributed by atoms with Gasteiger partial charge in [0, 0.05) is 10.5 Å². The first kappa shape index (κ1) is 16.2. The van der Waals surface area contributed by atoms with Crippen molar-refractivity contribution in [3.63, 3.8) is 0 Å². The third-order valence-electron chi connectivity index (χ3n) is 3.07. The van der Waals surface area contributed by atoms with Gasteiger partial charge in [0.25, 0.3) is 5.91 Å². The number of amides is 1. The Morgan fingerprint density at radius 3 is 2.27 bits per heavy atom. The molecule has 0 heterocycles. The summed E-state index contributed by atoms with van der Waals surface area (Å²) in [7, 11) is 1.62. The average molecular weight is 317 g/mol. The molecule has 0 saturated carbocycles. The highest BCUT2D eigenvalue weighted by Gasteiger charge is 2.04. The number of methoxy groups -OCH3 is 1. The van der Waals surface area contributed by atoms with Crippen LogP contribution in [0.25, 0.3) is 0 Å². The van der Waals surface area contributed by atoms with Gasteiger partial charge in [-0.25, -0.2) is 0 Å². The number of carbonyl (C=O) groups is 1. The predicted molar refractivity (Wildman–Crippen MR) is 89.0 cm³/mol. The highest BCUT2D eigenvalue weighted by molar-refractivity contribution is 7.98. The number of benzene rings is 2. The normalized spacial score (nSPS) is 10.1. The van der Waals surface area contributed by atoms with Crippen molar-refractivity contribution in [1.29, 1.82) is 0 Å². The highest BCUT2D eigenvalue weighted by Crippen LogP contribution is 2.17. The van der Waals surface area contributed by atoms with Gasteiger partial charge in [0.05, 0.1) is 13.7 Å². The van der Waals surface area contributed by atoms with Crippen LogP contribution < -0.4 is 14.8 Å². The minimum atomic E-state index is -0.0917. The first-order valence-electron chi connectivity index (χ1n) is 6.92. The number of thioether (sulfide) groups is 1. The van der Waals surface area contributed by atoms with E-state index in [9.17, 15) is 4.79 Å². The van der Waals surface area contributed by atoms with E-state index in [4.69, 9.17) is 9.47 Å². The molecule has 0 aromatic heterocycles. The van der Waals surface area contributed by atoms with Gasteiger partial charge in [0.1, 0.15) is 18.1 Å². The Balaban J connectivity index is 1.74. The van der Waals surface area contributed by atoms with Gasteiger partial charge in [-0.2, -0.15) is 0 Å². The fourth-order valence-corrected chi connectivity index (χ4v) is 2.26. The summed E-state index contributed by atoms with van der Waals surface area (Å²) in [6, 6.07) is 14.9. The van der Waals surface area contributed by atoms with Crippen molar-refractivity contribution >= 4 is 17.7 Å². The van der Waals surface area contributed by atoms with E-state index in [2.05, 4.69) is 5.32 Å². The lowest BCUT2D eigenvalue weighted by atomic mass is 10.2. The molecule has 1 N–H and O–H groups in total. The first-order valence-corrected chi connectivity index (χ1v) is 8.14. The molecule has 0 fully saturated rings. The second kappa shape index (κ2) is 8.34. The topological polar surface area (TPSA) is 47.6 Å². The Morgan fingerprint density at radius 2 is 1.68 bits per heavy atom. The number of rotatable bonds is 7. The summed E-state index contributed by atoms with van der Waals surface area (Å²) in [6.07, 6.45) is 2.01. The molecule has 0 aliphatic heterocycles. The largest absolute Gasteiger partial charge is 0.497 e. The predicted octanol–water partition coefficient (Wildman–Crippen LogP) is 3.23. The second-order valence-electron chi connectivity index (χ2n) is 4.51. The number of hydrogen-bond acceptors (Lipinski definition) is 4. The molecule has 0 radical (unpaired) electrons. The fourth-order valence-electron chi connectivity index (χ4n) is 1.85. The summed E-state index contributed by atoms with van der Waals surface area (Å²) in [4.78, 5) is 13.1. The number of hydrogen-bond donors (Lipinski definition) is 1. The van der Waals surface area contributed by atoms with Gasteiger partial charge in [-0.3, -0.25) is 4.79 Å². The summed E-state index contributed by atoms with van der Waals surface area (Å²) < 4.78 is 10.6. The molecule has 1 amide bonds. The Kier molecular flexibility index (Phi) is 6.15. The van der Waals surface area contributed by atoms with Gasteiger partial charge in [0.2, 0.25) is 0 Å². The molecule has 0 saturated heterocycles. The van der Waals surface area contributed by atoms with Crippen LogP contribution in [0.2, 0.25) is 0 Å². The number of ether oxygens (including phenoxy) is 2. The van der Waals surface area contributed by atoms with Crippen LogP contribution in [-0.4, -0.2) is 32.4 Å². The molecule has 2 aromatic carbocycles.